The predicted octanol–water partition coefficient (Wildman–Crippen LogP) is 4.37. The molecule has 3 atom stereocenters. The summed E-state index contributed by atoms with van der Waals surface area (Å²) >= 11 is 0. The highest BCUT2D eigenvalue weighted by Crippen LogP contribution is 2.36. The fourth-order valence-electron chi connectivity index (χ4n) is 3.59. The van der Waals surface area contributed by atoms with E-state index in [-0.39, 0.29) is 23.5 Å². The highest BCUT2D eigenvalue weighted by molar-refractivity contribution is 5.89. The van der Waals surface area contributed by atoms with Crippen molar-refractivity contribution in [2.45, 2.75) is 44.7 Å². The monoisotopic (exact) mass is 421 g/mol. The minimum atomic E-state index is -0.894. The first kappa shape index (κ1) is 23.3. The highest BCUT2D eigenvalue weighted by Gasteiger charge is 2.35. The van der Waals surface area contributed by atoms with Crippen LogP contribution in [0.2, 0.25) is 0 Å². The molecule has 0 heterocycles. The van der Waals surface area contributed by atoms with Crippen molar-refractivity contribution in [2.75, 3.05) is 19.0 Å². The van der Waals surface area contributed by atoms with Gasteiger partial charge >= 0.3 is 12.0 Å². The minimum Gasteiger partial charge on any atom is -0.469 e. The number of carbonyl (C=O) groups is 2. The summed E-state index contributed by atoms with van der Waals surface area (Å²) in [5, 5.41) is 16.0. The van der Waals surface area contributed by atoms with E-state index in [1.807, 2.05) is 12.2 Å². The number of allylic oxidation sites excluding steroid dienone is 2. The molecule has 0 aliphatic heterocycles. The zero-order chi connectivity index (χ0) is 21.9. The summed E-state index contributed by atoms with van der Waals surface area (Å²) in [5.41, 5.74) is 0.390. The van der Waals surface area contributed by atoms with E-state index in [9.17, 15) is 24.1 Å². The van der Waals surface area contributed by atoms with E-state index in [4.69, 9.17) is 0 Å². The predicted molar refractivity (Wildman–Crippen MR) is 111 cm³/mol. The normalized spacial score (nSPS) is 20.8. The average molecular weight is 421 g/mol. The number of nitrogens with one attached hydrogen (secondary N) is 2. The molecule has 2 N–H and O–H groups in total. The molecule has 164 valence electrons. The van der Waals surface area contributed by atoms with Gasteiger partial charge in [-0.2, -0.15) is 0 Å². The molecule has 2 amide bonds. The second-order valence-electron chi connectivity index (χ2n) is 7.33. The second-order valence-corrected chi connectivity index (χ2v) is 7.33. The van der Waals surface area contributed by atoms with Gasteiger partial charge in [-0.05, 0) is 56.1 Å². The number of hydrogen-bond donors (Lipinski definition) is 2. The van der Waals surface area contributed by atoms with Crippen LogP contribution in [-0.2, 0) is 9.53 Å². The maximum Gasteiger partial charge on any atom is 0.319 e. The van der Waals surface area contributed by atoms with Gasteiger partial charge in [0.2, 0.25) is 0 Å². The van der Waals surface area contributed by atoms with Gasteiger partial charge in [-0.3, -0.25) is 14.9 Å². The van der Waals surface area contributed by atoms with Crippen LogP contribution in [0, 0.1) is 22.0 Å². The van der Waals surface area contributed by atoms with E-state index >= 15 is 0 Å². The number of esters is 1. The smallest absolute Gasteiger partial charge is 0.319 e. The number of ether oxygens (including phenoxy) is 1. The number of methoxy groups -OCH3 is 1. The number of amides is 2. The number of benzene rings is 1. The number of halogens is 1. The molecule has 2 rings (SSSR count). The Labute approximate surface area is 175 Å². The summed E-state index contributed by atoms with van der Waals surface area (Å²) in [7, 11) is 1.36. The Kier molecular flexibility index (Phi) is 9.24. The first-order valence-corrected chi connectivity index (χ1v) is 10.1. The summed E-state index contributed by atoms with van der Waals surface area (Å²) < 4.78 is 18.8. The molecule has 9 heteroatoms. The maximum absolute atomic E-state index is 14.3. The largest absolute Gasteiger partial charge is 0.469 e. The minimum absolute atomic E-state index is 0.0438. The molecule has 1 saturated carbocycles. The number of rotatable bonds is 10. The number of nitrogens with zero attached hydrogens (tertiary/aromatic N) is 1. The third-order valence-electron chi connectivity index (χ3n) is 5.30. The van der Waals surface area contributed by atoms with Gasteiger partial charge in [0.15, 0.2) is 0 Å². The molecule has 0 radical (unpaired) electrons. The van der Waals surface area contributed by atoms with E-state index in [0.29, 0.717) is 44.3 Å². The highest BCUT2D eigenvalue weighted by atomic mass is 19.1. The molecule has 0 bridgehead atoms. The molecule has 0 unspecified atom stereocenters. The van der Waals surface area contributed by atoms with Crippen molar-refractivity contribution in [1.82, 2.24) is 5.32 Å². The number of hydrogen-bond acceptors (Lipinski definition) is 5. The lowest BCUT2D eigenvalue weighted by molar-refractivity contribution is -0.384. The van der Waals surface area contributed by atoms with Crippen LogP contribution in [0.25, 0.3) is 0 Å². The van der Waals surface area contributed by atoms with Crippen LogP contribution in [-0.4, -0.2) is 36.7 Å². The van der Waals surface area contributed by atoms with Gasteiger partial charge < -0.3 is 15.4 Å². The Morgan fingerprint density at radius 1 is 1.27 bits per heavy atom. The van der Waals surface area contributed by atoms with Gasteiger partial charge in [-0.1, -0.05) is 12.2 Å². The fourth-order valence-corrected chi connectivity index (χ4v) is 3.59. The van der Waals surface area contributed by atoms with Crippen molar-refractivity contribution < 1.29 is 23.6 Å². The van der Waals surface area contributed by atoms with Crippen molar-refractivity contribution >= 4 is 23.4 Å². The molecular formula is C21H28FN3O5. The lowest BCUT2D eigenvalue weighted by Gasteiger charge is -2.20. The van der Waals surface area contributed by atoms with Crippen molar-refractivity contribution in [2.24, 2.45) is 11.8 Å². The standard InChI is InChI=1S/C21H28FN3O5/c1-30-20(26)7-5-3-2-4-6-18-15(8-13-19(18)22)14-23-21(27)24-16-9-11-17(12-10-16)25(28)29/h2,4,9-12,15,18-19H,3,5-8,13-14H2,1H3,(H2,23,24,27)/b4-2-/t15-,18-,19-/m1/s1. The summed E-state index contributed by atoms with van der Waals surface area (Å²) in [6, 6.07) is 5.11. The quantitative estimate of drug-likeness (QED) is 0.192. The topological polar surface area (TPSA) is 111 Å². The van der Waals surface area contributed by atoms with Crippen molar-refractivity contribution in [1.29, 1.82) is 0 Å². The number of nitro benzene ring substituents is 1. The first-order valence-electron chi connectivity index (χ1n) is 10.1. The van der Waals surface area contributed by atoms with Crippen LogP contribution in [0.3, 0.4) is 0 Å². The molecule has 0 spiro atoms. The molecular weight excluding hydrogens is 393 g/mol. The van der Waals surface area contributed by atoms with Crippen LogP contribution in [0.5, 0.6) is 0 Å². The molecule has 1 aliphatic rings. The number of carbonyl (C=O) groups excluding carboxylic acids is 2. The number of unbranched alkanes of at least 4 members (excludes halogenated alkanes) is 1. The molecule has 0 aromatic heterocycles. The SMILES string of the molecule is COC(=O)CCC/C=C\C[C@@H]1[C@@H](CNC(=O)Nc2ccc([N+](=O)[O-])cc2)CC[C@H]1F. The molecule has 1 aromatic carbocycles. The molecule has 30 heavy (non-hydrogen) atoms. The summed E-state index contributed by atoms with van der Waals surface area (Å²) in [6.07, 6.45) is 6.59. The number of alkyl halides is 1. The van der Waals surface area contributed by atoms with Gasteiger partial charge in [0.05, 0.1) is 12.0 Å². The average Bonchev–Trinajstić information content (AvgIpc) is 3.08. The zero-order valence-corrected chi connectivity index (χ0v) is 17.0. The molecule has 1 aromatic rings. The van der Waals surface area contributed by atoms with E-state index in [0.717, 1.165) is 6.42 Å². The third-order valence-corrected chi connectivity index (χ3v) is 5.30. The Balaban J connectivity index is 1.74. The Morgan fingerprint density at radius 3 is 2.67 bits per heavy atom. The maximum atomic E-state index is 14.3. The Hall–Kier alpha value is -2.97. The van der Waals surface area contributed by atoms with Gasteiger partial charge in [-0.15, -0.1) is 0 Å². The van der Waals surface area contributed by atoms with E-state index in [2.05, 4.69) is 15.4 Å². The number of nitro groups is 1. The van der Waals surface area contributed by atoms with Gasteiger partial charge in [-0.25, -0.2) is 9.18 Å². The fraction of sp³-hybridized carbons (Fsp3) is 0.524. The zero-order valence-electron chi connectivity index (χ0n) is 17.0. The van der Waals surface area contributed by atoms with Crippen molar-refractivity contribution in [3.8, 4) is 0 Å². The summed E-state index contributed by atoms with van der Waals surface area (Å²) in [4.78, 5) is 33.3. The Morgan fingerprint density at radius 2 is 2.00 bits per heavy atom. The summed E-state index contributed by atoms with van der Waals surface area (Å²) in [5.74, 6) is -0.343. The molecule has 0 saturated heterocycles. The van der Waals surface area contributed by atoms with Crippen LogP contribution in [0.4, 0.5) is 20.6 Å². The second kappa shape index (κ2) is 11.9. The van der Waals surface area contributed by atoms with Crippen molar-refractivity contribution in [3.05, 3.63) is 46.5 Å². The number of urea groups is 1. The van der Waals surface area contributed by atoms with Crippen LogP contribution in [0.1, 0.15) is 38.5 Å². The van der Waals surface area contributed by atoms with E-state index in [1.54, 1.807) is 0 Å². The van der Waals surface area contributed by atoms with Gasteiger partial charge in [0, 0.05) is 30.8 Å². The van der Waals surface area contributed by atoms with Crippen LogP contribution >= 0.6 is 0 Å². The molecule has 1 fully saturated rings. The van der Waals surface area contributed by atoms with E-state index in [1.165, 1.54) is 31.4 Å². The van der Waals surface area contributed by atoms with Gasteiger partial charge in [0.1, 0.15) is 6.17 Å². The lowest BCUT2D eigenvalue weighted by atomic mass is 9.91. The van der Waals surface area contributed by atoms with Crippen LogP contribution < -0.4 is 10.6 Å². The van der Waals surface area contributed by atoms with Crippen molar-refractivity contribution in [3.63, 3.8) is 0 Å². The number of anilines is 1. The molecule has 8 nitrogen and oxygen atoms in total. The van der Waals surface area contributed by atoms with E-state index < -0.39 is 17.1 Å². The molecule has 1 aliphatic carbocycles. The van der Waals surface area contributed by atoms with Gasteiger partial charge in [0.25, 0.3) is 5.69 Å². The Bertz CT molecular complexity index is 754. The van der Waals surface area contributed by atoms with Crippen LogP contribution in [0.15, 0.2) is 36.4 Å². The number of non-ortho nitro benzene ring substituents is 1. The lowest BCUT2D eigenvalue weighted by Crippen LogP contribution is -2.35. The first-order chi connectivity index (χ1) is 14.4. The third kappa shape index (κ3) is 7.46. The summed E-state index contributed by atoms with van der Waals surface area (Å²) in [6.45, 7) is 0.361.